The molecule has 2 heterocycles. The van der Waals surface area contributed by atoms with Crippen molar-refractivity contribution >= 4 is 44.9 Å². The van der Waals surface area contributed by atoms with Gasteiger partial charge in [0.25, 0.3) is 0 Å². The summed E-state index contributed by atoms with van der Waals surface area (Å²) in [6.07, 6.45) is 0. The van der Waals surface area contributed by atoms with Crippen LogP contribution in [0.2, 0.25) is 0 Å². The molecule has 0 saturated heterocycles. The third-order valence-corrected chi connectivity index (χ3v) is 5.59. The summed E-state index contributed by atoms with van der Waals surface area (Å²) in [5.41, 5.74) is 0.940. The van der Waals surface area contributed by atoms with Gasteiger partial charge in [-0.05, 0) is 49.4 Å². The van der Waals surface area contributed by atoms with Crippen LogP contribution in [0.25, 0.3) is 5.65 Å². The second-order valence-electron chi connectivity index (χ2n) is 6.47. The molecule has 0 spiro atoms. The average molecular weight is 488 g/mol. The molecule has 0 aliphatic heterocycles. The van der Waals surface area contributed by atoms with E-state index in [9.17, 15) is 14.0 Å². The number of anilines is 1. The Morgan fingerprint density at radius 1 is 1.13 bits per heavy atom. The molecular weight excluding hydrogens is 473 g/mol. The monoisotopic (exact) mass is 487 g/mol. The van der Waals surface area contributed by atoms with Crippen molar-refractivity contribution in [3.63, 3.8) is 0 Å². The molecule has 10 heteroatoms. The zero-order valence-corrected chi connectivity index (χ0v) is 18.1. The third-order valence-electron chi connectivity index (χ3n) is 4.16. The molecule has 4 rings (SSSR count). The molecule has 0 fully saturated rings. The molecule has 152 valence electrons. The lowest BCUT2D eigenvalue weighted by Gasteiger charge is -2.06. The van der Waals surface area contributed by atoms with Crippen molar-refractivity contribution in [3.8, 4) is 0 Å². The van der Waals surface area contributed by atoms with Gasteiger partial charge in [-0.1, -0.05) is 45.4 Å². The van der Waals surface area contributed by atoms with E-state index in [2.05, 4.69) is 31.4 Å². The molecule has 2 aromatic heterocycles. The first-order valence-electron chi connectivity index (χ1n) is 8.85. The first-order valence-corrected chi connectivity index (χ1v) is 10.5. The van der Waals surface area contributed by atoms with Gasteiger partial charge in [-0.3, -0.25) is 4.79 Å². The zero-order chi connectivity index (χ0) is 21.3. The van der Waals surface area contributed by atoms with Crippen molar-refractivity contribution in [2.75, 3.05) is 5.32 Å². The van der Waals surface area contributed by atoms with Crippen LogP contribution in [0.1, 0.15) is 5.56 Å². The number of rotatable bonds is 5. The van der Waals surface area contributed by atoms with Gasteiger partial charge in [0, 0.05) is 9.37 Å². The van der Waals surface area contributed by atoms with Gasteiger partial charge in [0.2, 0.25) is 5.91 Å². The predicted octanol–water partition coefficient (Wildman–Crippen LogP) is 3.89. The Morgan fingerprint density at radius 2 is 1.90 bits per heavy atom. The minimum Gasteiger partial charge on any atom is -0.322 e. The first kappa shape index (κ1) is 20.3. The Bertz CT molecular complexity index is 1300. The molecule has 0 aliphatic rings. The Kier molecular flexibility index (Phi) is 5.69. The number of hydrogen-bond donors (Lipinski definition) is 1. The number of hydrogen-bond acceptors (Lipinski definition) is 5. The molecule has 7 nitrogen and oxygen atoms in total. The maximum absolute atomic E-state index is 13.9. The second kappa shape index (κ2) is 8.41. The van der Waals surface area contributed by atoms with E-state index in [4.69, 9.17) is 0 Å². The van der Waals surface area contributed by atoms with Gasteiger partial charge >= 0.3 is 5.69 Å². The summed E-state index contributed by atoms with van der Waals surface area (Å²) in [5, 5.41) is 11.5. The van der Waals surface area contributed by atoms with Crippen molar-refractivity contribution in [2.24, 2.45) is 0 Å². The molecule has 1 N–H and O–H groups in total. The number of carbonyl (C=O) groups excluding carboxylic acids is 1. The van der Waals surface area contributed by atoms with Gasteiger partial charge in [-0.2, -0.15) is 9.61 Å². The van der Waals surface area contributed by atoms with E-state index in [0.29, 0.717) is 15.1 Å². The largest absolute Gasteiger partial charge is 0.367 e. The van der Waals surface area contributed by atoms with Crippen LogP contribution in [-0.2, 0) is 11.3 Å². The van der Waals surface area contributed by atoms with E-state index in [0.717, 1.165) is 19.7 Å². The maximum atomic E-state index is 13.9. The lowest BCUT2D eigenvalue weighted by molar-refractivity contribution is -0.117. The SMILES string of the molecule is Cc1ccc(Sc2ccc3nn(CC(=O)Nc4ccc(Br)cc4F)c(=O)n3n2)cc1. The molecular formula is C20H15BrFN5O2S. The Hall–Kier alpha value is -2.98. The van der Waals surface area contributed by atoms with Crippen molar-refractivity contribution in [2.45, 2.75) is 23.4 Å². The van der Waals surface area contributed by atoms with Crippen LogP contribution in [0.15, 0.2) is 73.8 Å². The highest BCUT2D eigenvalue weighted by Crippen LogP contribution is 2.25. The summed E-state index contributed by atoms with van der Waals surface area (Å²) in [5.74, 6) is -1.16. The van der Waals surface area contributed by atoms with E-state index < -0.39 is 17.4 Å². The lowest BCUT2D eigenvalue weighted by Crippen LogP contribution is -2.29. The minimum absolute atomic E-state index is 0.0231. The van der Waals surface area contributed by atoms with Gasteiger partial charge in [0.15, 0.2) is 5.65 Å². The molecule has 0 unspecified atom stereocenters. The summed E-state index contributed by atoms with van der Waals surface area (Å²) >= 11 is 4.57. The lowest BCUT2D eigenvalue weighted by atomic mass is 10.2. The molecule has 4 aromatic rings. The van der Waals surface area contributed by atoms with Crippen LogP contribution in [-0.4, -0.2) is 25.3 Å². The molecule has 0 saturated carbocycles. The van der Waals surface area contributed by atoms with Crippen LogP contribution >= 0.6 is 27.7 Å². The van der Waals surface area contributed by atoms with Gasteiger partial charge < -0.3 is 5.32 Å². The summed E-state index contributed by atoms with van der Waals surface area (Å²) in [7, 11) is 0. The van der Waals surface area contributed by atoms with Crippen LogP contribution < -0.4 is 11.0 Å². The highest BCUT2D eigenvalue weighted by atomic mass is 79.9. The number of aromatic nitrogens is 4. The van der Waals surface area contributed by atoms with Crippen LogP contribution in [0, 0.1) is 12.7 Å². The number of halogens is 2. The van der Waals surface area contributed by atoms with Crippen LogP contribution in [0.3, 0.4) is 0 Å². The average Bonchev–Trinajstić information content (AvgIpc) is 3.01. The van der Waals surface area contributed by atoms with Crippen molar-refractivity contribution in [3.05, 3.63) is 80.9 Å². The maximum Gasteiger partial charge on any atom is 0.367 e. The van der Waals surface area contributed by atoms with Crippen molar-refractivity contribution in [1.29, 1.82) is 0 Å². The van der Waals surface area contributed by atoms with E-state index in [1.165, 1.54) is 23.9 Å². The fourth-order valence-electron chi connectivity index (χ4n) is 2.69. The highest BCUT2D eigenvalue weighted by molar-refractivity contribution is 9.10. The smallest absolute Gasteiger partial charge is 0.322 e. The third kappa shape index (κ3) is 4.44. The molecule has 0 radical (unpaired) electrons. The van der Waals surface area contributed by atoms with E-state index in [1.54, 1.807) is 18.2 Å². The summed E-state index contributed by atoms with van der Waals surface area (Å²) in [6.45, 7) is 1.64. The fourth-order valence-corrected chi connectivity index (χ4v) is 3.80. The number of benzene rings is 2. The minimum atomic E-state index is -0.584. The standard InChI is InChI=1S/C20H15BrFN5O2S/c1-12-2-5-14(6-3-12)30-19-9-8-17-24-26(20(29)27(17)25-19)11-18(28)23-16-7-4-13(21)10-15(16)22/h2-10H,11H2,1H3,(H,23,28). The van der Waals surface area contributed by atoms with Crippen LogP contribution in [0.5, 0.6) is 0 Å². The number of amides is 1. The normalized spacial score (nSPS) is 11.0. The quantitative estimate of drug-likeness (QED) is 0.461. The van der Waals surface area contributed by atoms with Crippen molar-refractivity contribution < 1.29 is 9.18 Å². The molecule has 0 aliphatic carbocycles. The zero-order valence-electron chi connectivity index (χ0n) is 15.7. The van der Waals surface area contributed by atoms with Crippen LogP contribution in [0.4, 0.5) is 10.1 Å². The topological polar surface area (TPSA) is 81.3 Å². The molecule has 0 atom stereocenters. The summed E-state index contributed by atoms with van der Waals surface area (Å²) in [6, 6.07) is 15.6. The molecule has 2 aromatic carbocycles. The van der Waals surface area contributed by atoms with E-state index in [1.807, 2.05) is 31.2 Å². The first-order chi connectivity index (χ1) is 14.4. The van der Waals surface area contributed by atoms with Gasteiger partial charge in [-0.15, -0.1) is 5.10 Å². The highest BCUT2D eigenvalue weighted by Gasteiger charge is 2.14. The van der Waals surface area contributed by atoms with E-state index >= 15 is 0 Å². The predicted molar refractivity (Wildman–Crippen MR) is 115 cm³/mol. The van der Waals surface area contributed by atoms with Gasteiger partial charge in [0.05, 0.1) is 5.69 Å². The summed E-state index contributed by atoms with van der Waals surface area (Å²) < 4.78 is 16.6. The number of aryl methyl sites for hydroxylation is 1. The number of nitrogens with zero attached hydrogens (tertiary/aromatic N) is 4. The molecule has 30 heavy (non-hydrogen) atoms. The number of carbonyl (C=O) groups is 1. The van der Waals surface area contributed by atoms with E-state index in [-0.39, 0.29) is 12.2 Å². The van der Waals surface area contributed by atoms with Gasteiger partial charge in [-0.25, -0.2) is 13.9 Å². The Labute approximate surface area is 183 Å². The Morgan fingerprint density at radius 3 is 2.63 bits per heavy atom. The van der Waals surface area contributed by atoms with Gasteiger partial charge in [0.1, 0.15) is 17.4 Å². The molecule has 1 amide bonds. The summed E-state index contributed by atoms with van der Waals surface area (Å²) in [4.78, 5) is 25.9. The Balaban J connectivity index is 1.53. The number of nitrogens with one attached hydrogen (secondary N) is 1. The second-order valence-corrected chi connectivity index (χ2v) is 8.48. The van der Waals surface area contributed by atoms with Crippen molar-refractivity contribution in [1.82, 2.24) is 19.4 Å². The number of fused-ring (bicyclic) bond motifs is 1. The molecule has 0 bridgehead atoms. The fraction of sp³-hybridized carbons (Fsp3) is 0.100.